The number of ether oxygens (including phenoxy) is 1. The molecule has 4 heteroatoms. The molecule has 0 bridgehead atoms. The van der Waals surface area contributed by atoms with E-state index in [9.17, 15) is 9.59 Å². The van der Waals surface area contributed by atoms with Crippen LogP contribution in [-0.4, -0.2) is 25.0 Å². The van der Waals surface area contributed by atoms with Crippen molar-refractivity contribution in [2.75, 3.05) is 11.9 Å². The highest BCUT2D eigenvalue weighted by Gasteiger charge is 2.21. The van der Waals surface area contributed by atoms with Crippen molar-refractivity contribution in [3.05, 3.63) is 71.8 Å². The van der Waals surface area contributed by atoms with Crippen LogP contribution in [-0.2, 0) is 14.3 Å². The van der Waals surface area contributed by atoms with Crippen LogP contribution in [0.15, 0.2) is 60.7 Å². The molecule has 2 aromatic rings. The second-order valence-electron chi connectivity index (χ2n) is 5.56. The fourth-order valence-corrected chi connectivity index (χ4v) is 2.25. The third-order valence-corrected chi connectivity index (χ3v) is 3.57. The molecule has 0 aromatic heterocycles. The molecule has 0 saturated heterocycles. The number of anilines is 1. The number of nitrogens with zero attached hydrogens (tertiary/aromatic N) is 1. The Morgan fingerprint density at radius 2 is 1.79 bits per heavy atom. The van der Waals surface area contributed by atoms with Gasteiger partial charge < -0.3 is 9.64 Å². The lowest BCUT2D eigenvalue weighted by molar-refractivity contribution is -0.148. The predicted octanol–water partition coefficient (Wildman–Crippen LogP) is 3.60. The fraction of sp³-hybridized carbons (Fsp3) is 0.200. The minimum atomic E-state index is -0.857. The number of carbonyl (C=O) groups excluding carboxylic acids is 2. The molecule has 0 saturated carbocycles. The van der Waals surface area contributed by atoms with E-state index in [2.05, 4.69) is 0 Å². The maximum Gasteiger partial charge on any atom is 0.331 e. The second kappa shape index (κ2) is 8.11. The quantitative estimate of drug-likeness (QED) is 0.624. The van der Waals surface area contributed by atoms with Crippen molar-refractivity contribution < 1.29 is 14.3 Å². The van der Waals surface area contributed by atoms with Crippen molar-refractivity contribution in [2.24, 2.45) is 0 Å². The van der Waals surface area contributed by atoms with Gasteiger partial charge in [0.1, 0.15) is 0 Å². The number of likely N-dealkylation sites (N-methyl/N-ethyl adjacent to an activating group) is 1. The number of para-hydroxylation sites is 1. The number of amides is 1. The van der Waals surface area contributed by atoms with Gasteiger partial charge in [0.25, 0.3) is 5.91 Å². The highest BCUT2D eigenvalue weighted by molar-refractivity contribution is 5.98. The summed E-state index contributed by atoms with van der Waals surface area (Å²) in [6.07, 6.45) is 2.15. The topological polar surface area (TPSA) is 46.6 Å². The minimum Gasteiger partial charge on any atom is -0.449 e. The molecule has 2 rings (SSSR count). The van der Waals surface area contributed by atoms with Crippen LogP contribution < -0.4 is 4.90 Å². The first-order valence-corrected chi connectivity index (χ1v) is 7.75. The molecule has 0 N–H and O–H groups in total. The number of hydrogen-bond donors (Lipinski definition) is 0. The highest BCUT2D eigenvalue weighted by atomic mass is 16.5. The van der Waals surface area contributed by atoms with E-state index in [-0.39, 0.29) is 5.91 Å². The first-order valence-electron chi connectivity index (χ1n) is 7.75. The van der Waals surface area contributed by atoms with Gasteiger partial charge in [-0.3, -0.25) is 4.79 Å². The first kappa shape index (κ1) is 17.5. The molecule has 4 nitrogen and oxygen atoms in total. The van der Waals surface area contributed by atoms with Crippen LogP contribution in [0.1, 0.15) is 18.1 Å². The first-order chi connectivity index (χ1) is 11.5. The minimum absolute atomic E-state index is 0.279. The summed E-state index contributed by atoms with van der Waals surface area (Å²) in [4.78, 5) is 25.7. The highest BCUT2D eigenvalue weighted by Crippen LogP contribution is 2.13. The molecule has 0 aliphatic carbocycles. The lowest BCUT2D eigenvalue weighted by Crippen LogP contribution is -2.37. The normalized spacial score (nSPS) is 12.0. The Morgan fingerprint density at radius 1 is 1.08 bits per heavy atom. The number of benzene rings is 2. The van der Waals surface area contributed by atoms with E-state index < -0.39 is 12.1 Å². The molecule has 1 amide bonds. The number of esters is 1. The molecule has 0 radical (unpaired) electrons. The SMILES string of the molecule is Cc1cccc(/C=C/C(=O)O[C@@H](C)C(=O)N(C)c2ccccc2)c1. The van der Waals surface area contributed by atoms with E-state index in [4.69, 9.17) is 4.74 Å². The molecule has 0 spiro atoms. The summed E-state index contributed by atoms with van der Waals surface area (Å²) < 4.78 is 5.19. The van der Waals surface area contributed by atoms with Crippen molar-refractivity contribution in [1.82, 2.24) is 0 Å². The third-order valence-electron chi connectivity index (χ3n) is 3.57. The van der Waals surface area contributed by atoms with Crippen molar-refractivity contribution >= 4 is 23.6 Å². The summed E-state index contributed by atoms with van der Waals surface area (Å²) in [5.41, 5.74) is 2.77. The number of carbonyl (C=O) groups is 2. The van der Waals surface area contributed by atoms with Crippen LogP contribution in [0, 0.1) is 6.92 Å². The van der Waals surface area contributed by atoms with Gasteiger partial charge in [-0.05, 0) is 37.6 Å². The molecule has 24 heavy (non-hydrogen) atoms. The van der Waals surface area contributed by atoms with Crippen LogP contribution in [0.2, 0.25) is 0 Å². The molecule has 1 atom stereocenters. The summed E-state index contributed by atoms with van der Waals surface area (Å²) in [7, 11) is 1.66. The summed E-state index contributed by atoms with van der Waals surface area (Å²) >= 11 is 0. The largest absolute Gasteiger partial charge is 0.449 e. The van der Waals surface area contributed by atoms with E-state index in [0.29, 0.717) is 0 Å². The standard InChI is InChI=1S/C20H21NO3/c1-15-8-7-9-17(14-15)12-13-19(22)24-16(2)20(23)21(3)18-10-5-4-6-11-18/h4-14,16H,1-3H3/b13-12+/t16-/m0/s1. The van der Waals surface area contributed by atoms with Gasteiger partial charge in [-0.15, -0.1) is 0 Å². The number of aryl methyl sites for hydroxylation is 1. The molecule has 0 fully saturated rings. The van der Waals surface area contributed by atoms with Crippen LogP contribution in [0.3, 0.4) is 0 Å². The van der Waals surface area contributed by atoms with E-state index in [1.165, 1.54) is 11.0 Å². The van der Waals surface area contributed by atoms with Gasteiger partial charge >= 0.3 is 5.97 Å². The number of rotatable bonds is 5. The molecule has 2 aromatic carbocycles. The zero-order valence-electron chi connectivity index (χ0n) is 14.1. The fourth-order valence-electron chi connectivity index (χ4n) is 2.25. The molecule has 0 aliphatic heterocycles. The Balaban J connectivity index is 1.94. The van der Waals surface area contributed by atoms with Crippen molar-refractivity contribution in [1.29, 1.82) is 0 Å². The Hall–Kier alpha value is -2.88. The Kier molecular flexibility index (Phi) is 5.90. The van der Waals surface area contributed by atoms with Gasteiger partial charge in [0.05, 0.1) is 0 Å². The average Bonchev–Trinajstić information content (AvgIpc) is 2.59. The molecule has 0 heterocycles. The van der Waals surface area contributed by atoms with Crippen LogP contribution in [0.5, 0.6) is 0 Å². The van der Waals surface area contributed by atoms with E-state index >= 15 is 0 Å². The average molecular weight is 323 g/mol. The van der Waals surface area contributed by atoms with E-state index in [1.54, 1.807) is 20.0 Å². The van der Waals surface area contributed by atoms with Crippen molar-refractivity contribution in [3.63, 3.8) is 0 Å². The van der Waals surface area contributed by atoms with Crippen molar-refractivity contribution in [3.8, 4) is 0 Å². The Labute approximate surface area is 142 Å². The van der Waals surface area contributed by atoms with Gasteiger partial charge in [-0.2, -0.15) is 0 Å². The van der Waals surface area contributed by atoms with Crippen LogP contribution >= 0.6 is 0 Å². The zero-order chi connectivity index (χ0) is 17.5. The van der Waals surface area contributed by atoms with E-state index in [0.717, 1.165) is 16.8 Å². The van der Waals surface area contributed by atoms with Gasteiger partial charge in [-0.1, -0.05) is 48.0 Å². The third kappa shape index (κ3) is 4.81. The summed E-state index contributed by atoms with van der Waals surface area (Å²) in [6, 6.07) is 17.0. The number of hydrogen-bond acceptors (Lipinski definition) is 3. The van der Waals surface area contributed by atoms with Gasteiger partial charge in [0, 0.05) is 18.8 Å². The van der Waals surface area contributed by atoms with Crippen molar-refractivity contribution in [2.45, 2.75) is 20.0 Å². The molecule has 0 unspecified atom stereocenters. The summed E-state index contributed by atoms with van der Waals surface area (Å²) in [6.45, 7) is 3.55. The molecule has 124 valence electrons. The monoisotopic (exact) mass is 323 g/mol. The maximum atomic E-state index is 12.3. The summed E-state index contributed by atoms with van der Waals surface area (Å²) in [5.74, 6) is -0.822. The van der Waals surface area contributed by atoms with Gasteiger partial charge in [0.15, 0.2) is 6.10 Å². The second-order valence-corrected chi connectivity index (χ2v) is 5.56. The Morgan fingerprint density at radius 3 is 2.46 bits per heavy atom. The Bertz CT molecular complexity index is 738. The zero-order valence-corrected chi connectivity index (χ0v) is 14.1. The molecular formula is C20H21NO3. The maximum absolute atomic E-state index is 12.3. The predicted molar refractivity (Wildman–Crippen MR) is 95.6 cm³/mol. The lowest BCUT2D eigenvalue weighted by Gasteiger charge is -2.21. The lowest BCUT2D eigenvalue weighted by atomic mass is 10.1. The van der Waals surface area contributed by atoms with Gasteiger partial charge in [0.2, 0.25) is 0 Å². The van der Waals surface area contributed by atoms with Crippen LogP contribution in [0.25, 0.3) is 6.08 Å². The van der Waals surface area contributed by atoms with Crippen LogP contribution in [0.4, 0.5) is 5.69 Å². The summed E-state index contributed by atoms with van der Waals surface area (Å²) in [5, 5.41) is 0. The van der Waals surface area contributed by atoms with Gasteiger partial charge in [-0.25, -0.2) is 4.79 Å². The van der Waals surface area contributed by atoms with E-state index in [1.807, 2.05) is 61.5 Å². The molecule has 0 aliphatic rings. The smallest absolute Gasteiger partial charge is 0.331 e. The molecular weight excluding hydrogens is 302 g/mol.